The lowest BCUT2D eigenvalue weighted by Gasteiger charge is -2.28. The van der Waals surface area contributed by atoms with Crippen molar-refractivity contribution in [3.8, 4) is 11.1 Å². The largest absolute Gasteiger partial charge is 0.370 e. The highest BCUT2D eigenvalue weighted by molar-refractivity contribution is 5.93. The number of hydrogen-bond donors (Lipinski definition) is 2. The first kappa shape index (κ1) is 25.0. The van der Waals surface area contributed by atoms with Gasteiger partial charge in [0, 0.05) is 42.5 Å². The SMILES string of the molecule is C=N/C(=C\C(=C/C)NC(=C)c1n[nH]c2ccc(-c3cncc(N4CCCCC4)c3)cc12)CN1CCCC1. The maximum absolute atomic E-state index is 4.59. The standard InChI is InChI=1S/C30H37N7/c1-4-25(18-26(31-3)21-36-12-8-9-13-36)33-22(2)30-28-17-23(10-11-29(28)34-35-30)24-16-27(20-32-19-24)37-14-6-5-7-15-37/h4,10-11,16-20,33H,2-3,5-9,12-15,21H2,1H3,(H,34,35)/b25-4+,26-18-. The van der Waals surface area contributed by atoms with Crippen LogP contribution < -0.4 is 10.2 Å². The predicted molar refractivity (Wildman–Crippen MR) is 155 cm³/mol. The van der Waals surface area contributed by atoms with Gasteiger partial charge in [0.05, 0.1) is 28.8 Å². The molecule has 5 rings (SSSR count). The minimum Gasteiger partial charge on any atom is -0.370 e. The zero-order valence-corrected chi connectivity index (χ0v) is 21.8. The van der Waals surface area contributed by atoms with Crippen molar-refractivity contribution < 1.29 is 0 Å². The molecule has 0 atom stereocenters. The van der Waals surface area contributed by atoms with E-state index in [4.69, 9.17) is 0 Å². The minimum atomic E-state index is 0.734. The van der Waals surface area contributed by atoms with E-state index in [0.717, 1.165) is 77.5 Å². The Morgan fingerprint density at radius 2 is 1.84 bits per heavy atom. The third-order valence-corrected chi connectivity index (χ3v) is 7.34. The summed E-state index contributed by atoms with van der Waals surface area (Å²) >= 11 is 0. The van der Waals surface area contributed by atoms with Gasteiger partial charge >= 0.3 is 0 Å². The third-order valence-electron chi connectivity index (χ3n) is 7.34. The van der Waals surface area contributed by atoms with E-state index >= 15 is 0 Å². The summed E-state index contributed by atoms with van der Waals surface area (Å²) in [5.74, 6) is 0. The lowest BCUT2D eigenvalue weighted by atomic mass is 10.0. The second-order valence-electron chi connectivity index (χ2n) is 9.94. The molecule has 2 aliphatic rings. The zero-order chi connectivity index (χ0) is 25.6. The molecule has 2 N–H and O–H groups in total. The lowest BCUT2D eigenvalue weighted by molar-refractivity contribution is 0.367. The monoisotopic (exact) mass is 495 g/mol. The van der Waals surface area contributed by atoms with Crippen molar-refractivity contribution in [2.24, 2.45) is 4.99 Å². The van der Waals surface area contributed by atoms with Gasteiger partial charge in [-0.3, -0.25) is 20.0 Å². The molecule has 0 saturated carbocycles. The Bertz CT molecular complexity index is 1320. The Labute approximate surface area is 219 Å². The van der Waals surface area contributed by atoms with Crippen molar-refractivity contribution in [3.05, 3.63) is 72.5 Å². The first-order valence-electron chi connectivity index (χ1n) is 13.4. The van der Waals surface area contributed by atoms with Crippen molar-refractivity contribution >= 4 is 29.0 Å². The van der Waals surface area contributed by atoms with E-state index in [1.165, 1.54) is 37.8 Å². The van der Waals surface area contributed by atoms with Crippen LogP contribution in [-0.4, -0.2) is 59.5 Å². The number of anilines is 1. The molecule has 2 aromatic heterocycles. The summed E-state index contributed by atoms with van der Waals surface area (Å²) in [5, 5.41) is 12.2. The zero-order valence-electron chi connectivity index (χ0n) is 21.8. The summed E-state index contributed by atoms with van der Waals surface area (Å²) in [7, 11) is 0. The Balaban J connectivity index is 1.36. The van der Waals surface area contributed by atoms with E-state index in [-0.39, 0.29) is 0 Å². The molecule has 7 heteroatoms. The number of aliphatic imine (C=N–C) groups is 1. The molecule has 0 aliphatic carbocycles. The lowest BCUT2D eigenvalue weighted by Crippen LogP contribution is -2.29. The van der Waals surface area contributed by atoms with Gasteiger partial charge in [0.1, 0.15) is 5.69 Å². The molecule has 0 bridgehead atoms. The van der Waals surface area contributed by atoms with E-state index in [1.54, 1.807) is 0 Å². The summed E-state index contributed by atoms with van der Waals surface area (Å²) in [6.45, 7) is 15.4. The van der Waals surface area contributed by atoms with Gasteiger partial charge in [0.2, 0.25) is 0 Å². The van der Waals surface area contributed by atoms with E-state index in [1.807, 2.05) is 25.4 Å². The van der Waals surface area contributed by atoms with Crippen LogP contribution in [0, 0.1) is 0 Å². The number of benzene rings is 1. The normalized spacial score (nSPS) is 17.4. The number of nitrogens with one attached hydrogen (secondary N) is 2. The van der Waals surface area contributed by atoms with Crippen molar-refractivity contribution in [2.75, 3.05) is 37.6 Å². The molecule has 2 aliphatic heterocycles. The van der Waals surface area contributed by atoms with E-state index in [2.05, 4.69) is 78.9 Å². The number of hydrogen-bond acceptors (Lipinski definition) is 6. The van der Waals surface area contributed by atoms with Crippen LogP contribution in [0.1, 0.15) is 44.7 Å². The number of piperidine rings is 1. The van der Waals surface area contributed by atoms with Crippen molar-refractivity contribution in [3.63, 3.8) is 0 Å². The van der Waals surface area contributed by atoms with Gasteiger partial charge in [-0.25, -0.2) is 0 Å². The Kier molecular flexibility index (Phi) is 7.80. The molecule has 0 spiro atoms. The summed E-state index contributed by atoms with van der Waals surface area (Å²) in [6, 6.07) is 8.62. The molecule has 192 valence electrons. The van der Waals surface area contributed by atoms with E-state index < -0.39 is 0 Å². The van der Waals surface area contributed by atoms with E-state index in [0.29, 0.717) is 0 Å². The van der Waals surface area contributed by atoms with Gasteiger partial charge in [-0.1, -0.05) is 18.7 Å². The first-order chi connectivity index (χ1) is 18.1. The van der Waals surface area contributed by atoms with Crippen LogP contribution >= 0.6 is 0 Å². The smallest absolute Gasteiger partial charge is 0.116 e. The number of rotatable bonds is 9. The fraction of sp³-hybridized carbons (Fsp3) is 0.367. The highest BCUT2D eigenvalue weighted by Crippen LogP contribution is 2.30. The van der Waals surface area contributed by atoms with Crippen molar-refractivity contribution in [2.45, 2.75) is 39.0 Å². The van der Waals surface area contributed by atoms with Crippen LogP contribution in [0.3, 0.4) is 0 Å². The summed E-state index contributed by atoms with van der Waals surface area (Å²) < 4.78 is 0. The number of allylic oxidation sites excluding steroid dienone is 2. The fourth-order valence-electron chi connectivity index (χ4n) is 5.25. The number of aromatic amines is 1. The minimum absolute atomic E-state index is 0.734. The quantitative estimate of drug-likeness (QED) is 0.292. The van der Waals surface area contributed by atoms with Crippen molar-refractivity contribution in [1.29, 1.82) is 0 Å². The molecule has 4 heterocycles. The Morgan fingerprint density at radius 1 is 1.05 bits per heavy atom. The second-order valence-corrected chi connectivity index (χ2v) is 9.94. The summed E-state index contributed by atoms with van der Waals surface area (Å²) in [5.41, 5.74) is 7.81. The van der Waals surface area contributed by atoms with Crippen LogP contribution in [0.5, 0.6) is 0 Å². The number of fused-ring (bicyclic) bond motifs is 1. The topological polar surface area (TPSA) is 72.4 Å². The molecule has 0 radical (unpaired) electrons. The Morgan fingerprint density at radius 3 is 2.59 bits per heavy atom. The molecule has 7 nitrogen and oxygen atoms in total. The van der Waals surface area contributed by atoms with Gasteiger partial charge in [-0.05, 0) is 88.7 Å². The maximum Gasteiger partial charge on any atom is 0.116 e. The number of aromatic nitrogens is 3. The van der Waals surface area contributed by atoms with Gasteiger partial charge in [0.25, 0.3) is 0 Å². The summed E-state index contributed by atoms with van der Waals surface area (Å²) in [4.78, 5) is 13.7. The molecule has 1 aromatic carbocycles. The molecule has 37 heavy (non-hydrogen) atoms. The predicted octanol–water partition coefficient (Wildman–Crippen LogP) is 5.76. The molecular formula is C30H37N7. The van der Waals surface area contributed by atoms with Crippen molar-refractivity contribution in [1.82, 2.24) is 25.4 Å². The van der Waals surface area contributed by atoms with Crippen LogP contribution in [0.25, 0.3) is 27.7 Å². The Hall–Kier alpha value is -3.71. The first-order valence-corrected chi connectivity index (χ1v) is 13.4. The van der Waals surface area contributed by atoms with Gasteiger partial charge in [-0.2, -0.15) is 5.10 Å². The number of H-pyrrole nitrogens is 1. The van der Waals surface area contributed by atoms with Gasteiger partial charge in [0.15, 0.2) is 0 Å². The number of pyridine rings is 1. The van der Waals surface area contributed by atoms with Crippen LogP contribution in [0.15, 0.2) is 71.8 Å². The van der Waals surface area contributed by atoms with Gasteiger partial charge in [-0.15, -0.1) is 0 Å². The average Bonchev–Trinajstić information content (AvgIpc) is 3.62. The van der Waals surface area contributed by atoms with Crippen LogP contribution in [0.2, 0.25) is 0 Å². The van der Waals surface area contributed by atoms with Crippen LogP contribution in [-0.2, 0) is 0 Å². The molecule has 2 saturated heterocycles. The maximum atomic E-state index is 4.59. The second kappa shape index (κ2) is 11.6. The van der Waals surface area contributed by atoms with E-state index in [9.17, 15) is 0 Å². The molecule has 0 amide bonds. The molecular weight excluding hydrogens is 458 g/mol. The number of likely N-dealkylation sites (tertiary alicyclic amines) is 1. The van der Waals surface area contributed by atoms with Crippen LogP contribution in [0.4, 0.5) is 5.69 Å². The number of nitrogens with zero attached hydrogens (tertiary/aromatic N) is 5. The molecule has 3 aromatic rings. The molecule has 0 unspecified atom stereocenters. The third kappa shape index (κ3) is 5.83. The molecule has 2 fully saturated rings. The fourth-order valence-corrected chi connectivity index (χ4v) is 5.25. The average molecular weight is 496 g/mol. The summed E-state index contributed by atoms with van der Waals surface area (Å²) in [6.07, 6.45) is 14.3. The van der Waals surface area contributed by atoms with Gasteiger partial charge < -0.3 is 10.2 Å². The highest BCUT2D eigenvalue weighted by Gasteiger charge is 2.16. The highest BCUT2D eigenvalue weighted by atomic mass is 15.2.